The van der Waals surface area contributed by atoms with Crippen LogP contribution in [0.15, 0.2) is 63.8 Å². The van der Waals surface area contributed by atoms with Crippen LogP contribution in [-0.2, 0) is 0 Å². The van der Waals surface area contributed by atoms with Gasteiger partial charge >= 0.3 is 0 Å². The van der Waals surface area contributed by atoms with Gasteiger partial charge in [0.25, 0.3) is 5.91 Å². The first-order valence-corrected chi connectivity index (χ1v) is 13.1. The number of carbonyl (C=O) groups excluding carboxylic acids is 1. The van der Waals surface area contributed by atoms with Gasteiger partial charge in [-0.05, 0) is 74.2 Å². The van der Waals surface area contributed by atoms with Crippen LogP contribution in [0.4, 0.5) is 5.82 Å². The highest BCUT2D eigenvalue weighted by Gasteiger charge is 2.44. The number of aryl methyl sites for hydroxylation is 1. The van der Waals surface area contributed by atoms with Crippen LogP contribution in [-0.4, -0.2) is 24.1 Å². The fourth-order valence-corrected chi connectivity index (χ4v) is 4.82. The number of pyridine rings is 1. The van der Waals surface area contributed by atoms with E-state index < -0.39 is 11.9 Å². The van der Waals surface area contributed by atoms with Crippen molar-refractivity contribution in [1.82, 2.24) is 4.98 Å². The Kier molecular flexibility index (Phi) is 7.13. The standard InChI is InChI=1S/C30H29ClN2O5/c1-5-36-24-15-19(9-11-23(24)37-14-13-17(2)3)27-26-28(34)21-16-20(31)10-12-22(21)38-29(26)30(35)33(27)25-8-6-7-18(4)32-25/h6-12,15-17,27H,5,13-14H2,1-4H3. The lowest BCUT2D eigenvalue weighted by molar-refractivity contribution is 0.0970. The molecule has 0 radical (unpaired) electrons. The van der Waals surface area contributed by atoms with Crippen molar-refractivity contribution in [2.45, 2.75) is 40.2 Å². The minimum Gasteiger partial charge on any atom is -0.490 e. The molecule has 0 aliphatic carbocycles. The second kappa shape index (κ2) is 10.5. The van der Waals surface area contributed by atoms with Crippen molar-refractivity contribution in [1.29, 1.82) is 0 Å². The van der Waals surface area contributed by atoms with Crippen LogP contribution < -0.4 is 19.8 Å². The minimum absolute atomic E-state index is 0.00616. The van der Waals surface area contributed by atoms with Crippen molar-refractivity contribution in [3.63, 3.8) is 0 Å². The van der Waals surface area contributed by atoms with E-state index in [4.69, 9.17) is 25.5 Å². The summed E-state index contributed by atoms with van der Waals surface area (Å²) >= 11 is 6.20. The Labute approximate surface area is 226 Å². The number of fused-ring (bicyclic) bond motifs is 2. The van der Waals surface area contributed by atoms with Crippen LogP contribution in [0.1, 0.15) is 60.6 Å². The van der Waals surface area contributed by atoms with Gasteiger partial charge in [0.1, 0.15) is 11.4 Å². The van der Waals surface area contributed by atoms with Crippen molar-refractivity contribution in [3.8, 4) is 11.5 Å². The third-order valence-corrected chi connectivity index (χ3v) is 6.72. The number of halogens is 1. The highest BCUT2D eigenvalue weighted by atomic mass is 35.5. The molecule has 4 aromatic rings. The third-order valence-electron chi connectivity index (χ3n) is 6.49. The fraction of sp³-hybridized carbons (Fsp3) is 0.300. The molecule has 0 fully saturated rings. The summed E-state index contributed by atoms with van der Waals surface area (Å²) in [5.41, 5.74) is 1.64. The number of benzene rings is 2. The highest BCUT2D eigenvalue weighted by molar-refractivity contribution is 6.31. The lowest BCUT2D eigenvalue weighted by Crippen LogP contribution is -2.30. The maximum atomic E-state index is 13.9. The van der Waals surface area contributed by atoms with Crippen LogP contribution in [0.5, 0.6) is 11.5 Å². The Balaban J connectivity index is 1.70. The Morgan fingerprint density at radius 1 is 1.05 bits per heavy atom. The molecule has 5 rings (SSSR count). The molecule has 2 aromatic carbocycles. The van der Waals surface area contributed by atoms with Crippen molar-refractivity contribution in [2.24, 2.45) is 5.92 Å². The molecule has 0 N–H and O–H groups in total. The molecular formula is C30H29ClN2O5. The first-order chi connectivity index (χ1) is 18.3. The van der Waals surface area contributed by atoms with E-state index in [1.54, 1.807) is 24.3 Å². The average molecular weight is 533 g/mol. The van der Waals surface area contributed by atoms with E-state index in [1.165, 1.54) is 4.90 Å². The van der Waals surface area contributed by atoms with Crippen LogP contribution in [0.3, 0.4) is 0 Å². The molecule has 2 aromatic heterocycles. The number of hydrogen-bond acceptors (Lipinski definition) is 6. The van der Waals surface area contributed by atoms with Crippen molar-refractivity contribution in [2.75, 3.05) is 18.1 Å². The Morgan fingerprint density at radius 2 is 1.87 bits per heavy atom. The largest absolute Gasteiger partial charge is 0.490 e. The molecule has 0 spiro atoms. The Hall–Kier alpha value is -3.84. The summed E-state index contributed by atoms with van der Waals surface area (Å²) in [5, 5.41) is 0.719. The number of anilines is 1. The van der Waals surface area contributed by atoms with E-state index in [-0.39, 0.29) is 16.8 Å². The number of amides is 1. The van der Waals surface area contributed by atoms with Crippen LogP contribution >= 0.6 is 11.6 Å². The predicted molar refractivity (Wildman–Crippen MR) is 148 cm³/mol. The van der Waals surface area contributed by atoms with E-state index in [1.807, 2.05) is 44.2 Å². The van der Waals surface area contributed by atoms with Gasteiger partial charge in [-0.2, -0.15) is 0 Å². The number of nitrogens with zero attached hydrogens (tertiary/aromatic N) is 2. The molecule has 1 unspecified atom stereocenters. The number of rotatable bonds is 8. The molecule has 1 aliphatic heterocycles. The van der Waals surface area contributed by atoms with Crippen molar-refractivity contribution < 1.29 is 18.7 Å². The molecular weight excluding hydrogens is 504 g/mol. The summed E-state index contributed by atoms with van der Waals surface area (Å²) in [6.07, 6.45) is 0.904. The van der Waals surface area contributed by atoms with Crippen LogP contribution in [0, 0.1) is 12.8 Å². The zero-order chi connectivity index (χ0) is 27.0. The second-order valence-corrected chi connectivity index (χ2v) is 10.1. The van der Waals surface area contributed by atoms with Crippen molar-refractivity contribution in [3.05, 3.63) is 92.4 Å². The molecule has 1 atom stereocenters. The molecule has 38 heavy (non-hydrogen) atoms. The van der Waals surface area contributed by atoms with Gasteiger partial charge in [-0.3, -0.25) is 14.5 Å². The topological polar surface area (TPSA) is 81.9 Å². The summed E-state index contributed by atoms with van der Waals surface area (Å²) < 4.78 is 18.0. The summed E-state index contributed by atoms with van der Waals surface area (Å²) in [5.74, 6) is 1.63. The van der Waals surface area contributed by atoms with E-state index in [9.17, 15) is 9.59 Å². The zero-order valence-electron chi connectivity index (χ0n) is 21.8. The SMILES string of the molecule is CCOc1cc(C2c3c(oc4ccc(Cl)cc4c3=O)C(=O)N2c2cccc(C)n2)ccc1OCCC(C)C. The predicted octanol–water partition coefficient (Wildman–Crippen LogP) is 6.72. The van der Waals surface area contributed by atoms with E-state index in [2.05, 4.69) is 18.8 Å². The molecule has 0 saturated heterocycles. The number of aromatic nitrogens is 1. The zero-order valence-corrected chi connectivity index (χ0v) is 22.5. The third kappa shape index (κ3) is 4.74. The smallest absolute Gasteiger partial charge is 0.296 e. The average Bonchev–Trinajstić information content (AvgIpc) is 3.18. The molecule has 3 heterocycles. The molecule has 1 amide bonds. The normalized spacial score (nSPS) is 14.8. The molecule has 1 aliphatic rings. The van der Waals surface area contributed by atoms with Gasteiger partial charge in [-0.25, -0.2) is 4.98 Å². The van der Waals surface area contributed by atoms with E-state index in [0.717, 1.165) is 12.1 Å². The summed E-state index contributed by atoms with van der Waals surface area (Å²) in [6, 6.07) is 14.9. The molecule has 196 valence electrons. The second-order valence-electron chi connectivity index (χ2n) is 9.70. The highest BCUT2D eigenvalue weighted by Crippen LogP contribution is 2.43. The molecule has 8 heteroatoms. The molecule has 0 saturated carbocycles. The van der Waals surface area contributed by atoms with Gasteiger partial charge in [0.05, 0.1) is 30.2 Å². The molecule has 7 nitrogen and oxygen atoms in total. The lowest BCUT2D eigenvalue weighted by atomic mass is 9.98. The van der Waals surface area contributed by atoms with Gasteiger partial charge in [0.15, 0.2) is 16.9 Å². The summed E-state index contributed by atoms with van der Waals surface area (Å²) in [4.78, 5) is 33.8. The first kappa shape index (κ1) is 25.8. The fourth-order valence-electron chi connectivity index (χ4n) is 4.65. The van der Waals surface area contributed by atoms with Gasteiger partial charge < -0.3 is 13.9 Å². The van der Waals surface area contributed by atoms with Gasteiger partial charge in [0.2, 0.25) is 5.76 Å². The Morgan fingerprint density at radius 3 is 2.61 bits per heavy atom. The Bertz CT molecular complexity index is 1580. The summed E-state index contributed by atoms with van der Waals surface area (Å²) in [6.45, 7) is 9.01. The maximum absolute atomic E-state index is 13.9. The van der Waals surface area contributed by atoms with Gasteiger partial charge in [0, 0.05) is 10.7 Å². The van der Waals surface area contributed by atoms with Gasteiger partial charge in [-0.15, -0.1) is 0 Å². The van der Waals surface area contributed by atoms with Crippen molar-refractivity contribution >= 4 is 34.3 Å². The lowest BCUT2D eigenvalue weighted by Gasteiger charge is -2.25. The number of carbonyl (C=O) groups is 1. The summed E-state index contributed by atoms with van der Waals surface area (Å²) in [7, 11) is 0. The maximum Gasteiger partial charge on any atom is 0.296 e. The van der Waals surface area contributed by atoms with E-state index in [0.29, 0.717) is 58.0 Å². The molecule has 0 bridgehead atoms. The van der Waals surface area contributed by atoms with Crippen LogP contribution in [0.2, 0.25) is 5.02 Å². The first-order valence-electron chi connectivity index (χ1n) is 12.7. The number of ether oxygens (including phenoxy) is 2. The quantitative estimate of drug-likeness (QED) is 0.250. The minimum atomic E-state index is -0.782. The van der Waals surface area contributed by atoms with E-state index >= 15 is 0 Å². The number of hydrogen-bond donors (Lipinski definition) is 0. The monoisotopic (exact) mass is 532 g/mol. The van der Waals surface area contributed by atoms with Gasteiger partial charge in [-0.1, -0.05) is 37.6 Å². The van der Waals surface area contributed by atoms with Crippen LogP contribution in [0.25, 0.3) is 11.0 Å².